The second-order valence-electron chi connectivity index (χ2n) is 3.76. The summed E-state index contributed by atoms with van der Waals surface area (Å²) in [6.07, 6.45) is 12.3. The molecule has 0 aliphatic rings. The van der Waals surface area contributed by atoms with Crippen molar-refractivity contribution in [1.82, 2.24) is 0 Å². The Morgan fingerprint density at radius 2 is 1.67 bits per heavy atom. The van der Waals surface area contributed by atoms with Crippen LogP contribution >= 0.6 is 0 Å². The molecule has 0 saturated heterocycles. The first-order valence-electron chi connectivity index (χ1n) is 5.60. The Balaban J connectivity index is 4.00. The molecule has 0 nitrogen and oxygen atoms in total. The Hall–Kier alpha value is -1.17. The lowest BCUT2D eigenvalue weighted by molar-refractivity contribution is 0.815. The summed E-state index contributed by atoms with van der Waals surface area (Å²) in [5.41, 5.74) is 2.68. The molecule has 0 aromatic carbocycles. The maximum atomic E-state index is 4.06. The van der Waals surface area contributed by atoms with Crippen molar-refractivity contribution in [2.45, 2.75) is 38.5 Å². The van der Waals surface area contributed by atoms with Gasteiger partial charge in [-0.3, -0.25) is 0 Å². The second kappa shape index (κ2) is 9.39. The third kappa shape index (κ3) is 7.87. The van der Waals surface area contributed by atoms with E-state index in [-0.39, 0.29) is 0 Å². The Kier molecular flexibility index (Phi) is 8.66. The first-order valence-corrected chi connectivity index (χ1v) is 5.60. The fourth-order valence-corrected chi connectivity index (χ4v) is 1.39. The first-order chi connectivity index (χ1) is 7.24. The predicted octanol–water partition coefficient (Wildman–Crippen LogP) is 5.02. The summed E-state index contributed by atoms with van der Waals surface area (Å²) in [7, 11) is 0. The SMILES string of the molecule is C=CCC(=CCC(=C)CCC[CH2+])CC=C. The molecule has 0 fully saturated rings. The molecule has 0 bridgehead atoms. The highest BCUT2D eigenvalue weighted by atomic mass is 14.0. The summed E-state index contributed by atoms with van der Waals surface area (Å²) in [5, 5.41) is 0. The molecule has 0 spiro atoms. The lowest BCUT2D eigenvalue weighted by Gasteiger charge is -2.03. The minimum absolute atomic E-state index is 0.953. The highest BCUT2D eigenvalue weighted by Gasteiger charge is 1.96. The van der Waals surface area contributed by atoms with Crippen molar-refractivity contribution in [1.29, 1.82) is 0 Å². The molecule has 0 saturated carbocycles. The van der Waals surface area contributed by atoms with E-state index in [4.69, 9.17) is 0 Å². The molecule has 0 aromatic rings. The molecule has 0 heteroatoms. The van der Waals surface area contributed by atoms with Crippen LogP contribution in [0, 0.1) is 6.92 Å². The van der Waals surface area contributed by atoms with Crippen molar-refractivity contribution < 1.29 is 0 Å². The molecule has 0 N–H and O–H groups in total. The van der Waals surface area contributed by atoms with Crippen LogP contribution in [-0.4, -0.2) is 0 Å². The number of hydrogen-bond donors (Lipinski definition) is 0. The van der Waals surface area contributed by atoms with Crippen molar-refractivity contribution in [2.75, 3.05) is 0 Å². The zero-order valence-electron chi connectivity index (χ0n) is 9.80. The molecule has 0 rings (SSSR count). The molecule has 0 unspecified atom stereocenters. The van der Waals surface area contributed by atoms with Gasteiger partial charge in [-0.05, 0) is 32.1 Å². The summed E-state index contributed by atoms with van der Waals surface area (Å²) in [6, 6.07) is 0. The van der Waals surface area contributed by atoms with Gasteiger partial charge in [-0.25, -0.2) is 0 Å². The monoisotopic (exact) mass is 203 g/mol. The van der Waals surface area contributed by atoms with Crippen LogP contribution in [0.2, 0.25) is 0 Å². The molecule has 0 aromatic heterocycles. The minimum atomic E-state index is 0.953. The Morgan fingerprint density at radius 3 is 2.13 bits per heavy atom. The van der Waals surface area contributed by atoms with Crippen LogP contribution in [0.4, 0.5) is 0 Å². The maximum Gasteiger partial charge on any atom is 0.0853 e. The van der Waals surface area contributed by atoms with Crippen molar-refractivity contribution in [3.63, 3.8) is 0 Å². The number of unbranched alkanes of at least 4 members (excludes halogenated alkanes) is 1. The van der Waals surface area contributed by atoms with Crippen molar-refractivity contribution in [2.24, 2.45) is 0 Å². The van der Waals surface area contributed by atoms with Crippen LogP contribution < -0.4 is 0 Å². The smallest absolute Gasteiger partial charge is 0.0853 e. The zero-order chi connectivity index (χ0) is 11.5. The van der Waals surface area contributed by atoms with Crippen molar-refractivity contribution >= 4 is 0 Å². The van der Waals surface area contributed by atoms with Crippen LogP contribution in [0.5, 0.6) is 0 Å². The Labute approximate surface area is 95.1 Å². The fraction of sp³-hybridized carbons (Fsp3) is 0.400. The quantitative estimate of drug-likeness (QED) is 0.365. The number of allylic oxidation sites excluding steroid dienone is 5. The van der Waals surface area contributed by atoms with Gasteiger partial charge in [0.15, 0.2) is 0 Å². The van der Waals surface area contributed by atoms with E-state index in [0.29, 0.717) is 0 Å². The number of rotatable bonds is 9. The van der Waals surface area contributed by atoms with E-state index in [1.807, 2.05) is 12.2 Å². The van der Waals surface area contributed by atoms with Gasteiger partial charge in [-0.1, -0.05) is 36.0 Å². The fourth-order valence-electron chi connectivity index (χ4n) is 1.39. The molecule has 0 radical (unpaired) electrons. The van der Waals surface area contributed by atoms with Gasteiger partial charge in [-0.2, -0.15) is 0 Å². The van der Waals surface area contributed by atoms with E-state index in [0.717, 1.165) is 38.5 Å². The third-order valence-corrected chi connectivity index (χ3v) is 2.27. The molecule has 15 heavy (non-hydrogen) atoms. The van der Waals surface area contributed by atoms with E-state index >= 15 is 0 Å². The Morgan fingerprint density at radius 1 is 1.07 bits per heavy atom. The maximum absolute atomic E-state index is 4.06. The summed E-state index contributed by atoms with van der Waals surface area (Å²) in [6.45, 7) is 15.4. The molecule has 0 atom stereocenters. The lowest BCUT2D eigenvalue weighted by atomic mass is 10.0. The largest absolute Gasteiger partial charge is 0.103 e. The highest BCUT2D eigenvalue weighted by molar-refractivity contribution is 5.14. The summed E-state index contributed by atoms with van der Waals surface area (Å²) in [5.74, 6) is 0. The molecule has 0 amide bonds. The molecule has 0 aliphatic carbocycles. The van der Waals surface area contributed by atoms with Crippen LogP contribution in [0.3, 0.4) is 0 Å². The van der Waals surface area contributed by atoms with Crippen molar-refractivity contribution in [3.05, 3.63) is 56.0 Å². The van der Waals surface area contributed by atoms with Gasteiger partial charge in [0, 0.05) is 0 Å². The van der Waals surface area contributed by atoms with Crippen LogP contribution in [0.15, 0.2) is 49.1 Å². The predicted molar refractivity (Wildman–Crippen MR) is 70.7 cm³/mol. The van der Waals surface area contributed by atoms with E-state index in [1.165, 1.54) is 11.1 Å². The molecule has 0 aliphatic heterocycles. The van der Waals surface area contributed by atoms with Crippen LogP contribution in [-0.2, 0) is 0 Å². The van der Waals surface area contributed by atoms with E-state index in [2.05, 4.69) is 32.7 Å². The highest BCUT2D eigenvalue weighted by Crippen LogP contribution is 2.15. The summed E-state index contributed by atoms with van der Waals surface area (Å²) < 4.78 is 0. The summed E-state index contributed by atoms with van der Waals surface area (Å²) >= 11 is 0. The van der Waals surface area contributed by atoms with E-state index < -0.39 is 0 Å². The van der Waals surface area contributed by atoms with Gasteiger partial charge in [-0.15, -0.1) is 13.2 Å². The van der Waals surface area contributed by atoms with Crippen LogP contribution in [0.25, 0.3) is 0 Å². The van der Waals surface area contributed by atoms with Gasteiger partial charge >= 0.3 is 0 Å². The third-order valence-electron chi connectivity index (χ3n) is 2.27. The lowest BCUT2D eigenvalue weighted by Crippen LogP contribution is -1.84. The molecule has 0 heterocycles. The van der Waals surface area contributed by atoms with Gasteiger partial charge in [0.05, 0.1) is 13.3 Å². The second-order valence-corrected chi connectivity index (χ2v) is 3.76. The average Bonchev–Trinajstić information content (AvgIpc) is 2.23. The zero-order valence-corrected chi connectivity index (χ0v) is 9.80. The minimum Gasteiger partial charge on any atom is -0.103 e. The molecule has 82 valence electrons. The number of hydrogen-bond acceptors (Lipinski definition) is 0. The summed E-state index contributed by atoms with van der Waals surface area (Å²) in [4.78, 5) is 0. The van der Waals surface area contributed by atoms with Gasteiger partial charge < -0.3 is 0 Å². The van der Waals surface area contributed by atoms with E-state index in [1.54, 1.807) is 0 Å². The molecular weight excluding hydrogens is 180 g/mol. The van der Waals surface area contributed by atoms with Gasteiger partial charge in [0.25, 0.3) is 0 Å². The first kappa shape index (κ1) is 13.8. The van der Waals surface area contributed by atoms with Crippen LogP contribution in [0.1, 0.15) is 38.5 Å². The standard InChI is InChI=1S/C15H23/c1-5-8-11-14(4)12-13-15(9-6-2)10-7-3/h6-7,13H,1-5,8-12H2/q+1. The van der Waals surface area contributed by atoms with E-state index in [9.17, 15) is 0 Å². The average molecular weight is 203 g/mol. The topological polar surface area (TPSA) is 0 Å². The van der Waals surface area contributed by atoms with Crippen molar-refractivity contribution in [3.8, 4) is 0 Å². The Bertz CT molecular complexity index is 218. The van der Waals surface area contributed by atoms with Gasteiger partial charge in [0.1, 0.15) is 0 Å². The van der Waals surface area contributed by atoms with Gasteiger partial charge in [0.2, 0.25) is 0 Å². The molecular formula is C15H23+. The normalized spacial score (nSPS) is 9.33.